The Bertz CT molecular complexity index is 961. The van der Waals surface area contributed by atoms with Crippen molar-refractivity contribution in [2.75, 3.05) is 11.9 Å². The van der Waals surface area contributed by atoms with Crippen molar-refractivity contribution >= 4 is 17.6 Å². The lowest BCUT2D eigenvalue weighted by Gasteiger charge is -2.34. The van der Waals surface area contributed by atoms with Crippen molar-refractivity contribution in [1.29, 1.82) is 0 Å². The Kier molecular flexibility index (Phi) is 10.2. The molecule has 0 radical (unpaired) electrons. The van der Waals surface area contributed by atoms with Crippen LogP contribution in [0.15, 0.2) is 48.5 Å². The van der Waals surface area contributed by atoms with Crippen molar-refractivity contribution in [3.05, 3.63) is 48.5 Å². The molecule has 0 spiro atoms. The van der Waals surface area contributed by atoms with Gasteiger partial charge in [0.2, 0.25) is 5.91 Å². The predicted molar refractivity (Wildman–Crippen MR) is 130 cm³/mol. The Labute approximate surface area is 204 Å². The van der Waals surface area contributed by atoms with Gasteiger partial charge in [-0.15, -0.1) is 0 Å². The van der Waals surface area contributed by atoms with Gasteiger partial charge in [0.15, 0.2) is 0 Å². The van der Waals surface area contributed by atoms with E-state index in [1.165, 1.54) is 39.0 Å². The Balaban J connectivity index is 0.000000540. The number of rotatable bonds is 7. The maximum atomic E-state index is 11.2. The number of carboxylic acid groups (broad SMARTS) is 1. The highest BCUT2D eigenvalue weighted by molar-refractivity contribution is 5.89. The van der Waals surface area contributed by atoms with E-state index in [0.717, 1.165) is 41.5 Å². The van der Waals surface area contributed by atoms with Crippen molar-refractivity contribution in [3.8, 4) is 16.9 Å². The van der Waals surface area contributed by atoms with Crippen LogP contribution in [0.2, 0.25) is 0 Å². The van der Waals surface area contributed by atoms with Crippen LogP contribution in [0.1, 0.15) is 59.3 Å². The molecule has 1 aliphatic carbocycles. The van der Waals surface area contributed by atoms with E-state index in [2.05, 4.69) is 31.3 Å². The first kappa shape index (κ1) is 28.2. The number of ether oxygens (including phenoxy) is 1. The molecule has 3 rings (SSSR count). The quantitative estimate of drug-likeness (QED) is 0.396. The highest BCUT2D eigenvalue weighted by Gasteiger charge is 2.38. The Morgan fingerprint density at radius 1 is 1.06 bits per heavy atom. The second kappa shape index (κ2) is 12.6. The largest absolute Gasteiger partial charge is 0.494 e. The highest BCUT2D eigenvalue weighted by atomic mass is 19.4. The summed E-state index contributed by atoms with van der Waals surface area (Å²) in [6.45, 7) is 7.10. The average molecular weight is 494 g/mol. The molecule has 0 unspecified atom stereocenters. The van der Waals surface area contributed by atoms with Gasteiger partial charge in [-0.2, -0.15) is 13.2 Å². The fraction of sp³-hybridized carbons (Fsp3) is 0.481. The summed E-state index contributed by atoms with van der Waals surface area (Å²) in [7, 11) is 0. The summed E-state index contributed by atoms with van der Waals surface area (Å²) in [4.78, 5) is 20.1. The van der Waals surface area contributed by atoms with Crippen molar-refractivity contribution in [1.82, 2.24) is 0 Å². The summed E-state index contributed by atoms with van der Waals surface area (Å²) in [5.74, 6) is -1.01. The van der Waals surface area contributed by atoms with Crippen molar-refractivity contribution in [2.45, 2.75) is 65.5 Å². The summed E-state index contributed by atoms with van der Waals surface area (Å²) in [5, 5.41) is 9.95. The molecule has 2 aromatic rings. The number of amides is 1. The minimum absolute atomic E-state index is 0.0576. The molecule has 0 atom stereocenters. The van der Waals surface area contributed by atoms with Gasteiger partial charge in [0, 0.05) is 12.6 Å². The number of hydrogen-bond donors (Lipinski definition) is 2. The summed E-state index contributed by atoms with van der Waals surface area (Å²) < 4.78 is 37.7. The third kappa shape index (κ3) is 10.4. The zero-order chi connectivity index (χ0) is 26.1. The van der Waals surface area contributed by atoms with Crippen LogP contribution in [0.4, 0.5) is 18.9 Å². The lowest BCUT2D eigenvalue weighted by molar-refractivity contribution is -0.192. The third-order valence-corrected chi connectivity index (χ3v) is 6.10. The van der Waals surface area contributed by atoms with Crippen molar-refractivity contribution in [2.24, 2.45) is 11.3 Å². The lowest BCUT2D eigenvalue weighted by atomic mass is 9.72. The first-order chi connectivity index (χ1) is 16.4. The van der Waals surface area contributed by atoms with Crippen LogP contribution in [0, 0.1) is 11.3 Å². The SMILES string of the molecule is CC(=O)Nc1cccc(-c2ccc(OCCCC3CCC(C)(C)CC3)cc2)c1.O=C(O)C(F)(F)F. The van der Waals surface area contributed by atoms with Crippen LogP contribution in [0.3, 0.4) is 0 Å². The number of nitrogens with one attached hydrogen (secondary N) is 1. The Hall–Kier alpha value is -3.03. The fourth-order valence-electron chi connectivity index (χ4n) is 4.03. The lowest BCUT2D eigenvalue weighted by Crippen LogP contribution is -2.21. The summed E-state index contributed by atoms with van der Waals surface area (Å²) >= 11 is 0. The van der Waals surface area contributed by atoms with Gasteiger partial charge in [0.05, 0.1) is 6.61 Å². The highest BCUT2D eigenvalue weighted by Crippen LogP contribution is 2.39. The number of carbonyl (C=O) groups excluding carboxylic acids is 1. The van der Waals surface area contributed by atoms with E-state index in [4.69, 9.17) is 14.6 Å². The fourth-order valence-corrected chi connectivity index (χ4v) is 4.03. The number of alkyl halides is 3. The van der Waals surface area contributed by atoms with Gasteiger partial charge >= 0.3 is 12.1 Å². The third-order valence-electron chi connectivity index (χ3n) is 6.10. The summed E-state index contributed by atoms with van der Waals surface area (Å²) in [6, 6.07) is 16.1. The molecule has 1 amide bonds. The van der Waals surface area contributed by atoms with E-state index in [1.807, 2.05) is 36.4 Å². The monoisotopic (exact) mass is 493 g/mol. The van der Waals surface area contributed by atoms with Crippen molar-refractivity contribution in [3.63, 3.8) is 0 Å². The molecule has 1 saturated carbocycles. The molecule has 192 valence electrons. The summed E-state index contributed by atoms with van der Waals surface area (Å²) in [5.41, 5.74) is 3.56. The number of benzene rings is 2. The predicted octanol–water partition coefficient (Wildman–Crippen LogP) is 7.32. The van der Waals surface area contributed by atoms with E-state index in [1.54, 1.807) is 0 Å². The number of hydrogen-bond acceptors (Lipinski definition) is 3. The second-order valence-electron chi connectivity index (χ2n) is 9.69. The van der Waals surface area contributed by atoms with Gasteiger partial charge in [-0.05, 0) is 85.3 Å². The smallest absolute Gasteiger partial charge is 0.490 e. The van der Waals surface area contributed by atoms with Crippen LogP contribution in [-0.4, -0.2) is 29.8 Å². The van der Waals surface area contributed by atoms with Crippen LogP contribution < -0.4 is 10.1 Å². The van der Waals surface area contributed by atoms with Crippen LogP contribution in [-0.2, 0) is 9.59 Å². The topological polar surface area (TPSA) is 75.6 Å². The van der Waals surface area contributed by atoms with E-state index < -0.39 is 12.1 Å². The van der Waals surface area contributed by atoms with Gasteiger partial charge < -0.3 is 15.2 Å². The maximum absolute atomic E-state index is 11.2. The van der Waals surface area contributed by atoms with E-state index in [0.29, 0.717) is 5.41 Å². The maximum Gasteiger partial charge on any atom is 0.490 e. The molecule has 8 heteroatoms. The first-order valence-electron chi connectivity index (χ1n) is 11.8. The molecule has 2 N–H and O–H groups in total. The molecule has 0 aromatic heterocycles. The molecule has 2 aromatic carbocycles. The first-order valence-corrected chi connectivity index (χ1v) is 11.8. The molecule has 0 aliphatic heterocycles. The second-order valence-corrected chi connectivity index (χ2v) is 9.69. The molecule has 5 nitrogen and oxygen atoms in total. The number of anilines is 1. The minimum atomic E-state index is -5.08. The average Bonchev–Trinajstić information content (AvgIpc) is 2.77. The molecular formula is C27H34F3NO4. The van der Waals surface area contributed by atoms with Gasteiger partial charge in [-0.1, -0.05) is 38.1 Å². The number of aliphatic carboxylic acids is 1. The molecule has 0 bridgehead atoms. The molecule has 1 aliphatic rings. The van der Waals surface area contributed by atoms with Gasteiger partial charge in [-0.3, -0.25) is 4.79 Å². The van der Waals surface area contributed by atoms with Crippen LogP contribution >= 0.6 is 0 Å². The van der Waals surface area contributed by atoms with Gasteiger partial charge in [-0.25, -0.2) is 4.79 Å². The number of carbonyl (C=O) groups is 2. The number of carboxylic acids is 1. The molecule has 0 heterocycles. The molecule has 1 fully saturated rings. The van der Waals surface area contributed by atoms with Gasteiger partial charge in [0.25, 0.3) is 0 Å². The number of halogens is 3. The standard InChI is InChI=1S/C25H33NO2.C2HF3O2/c1-19(27)26-23-8-4-7-22(18-23)21-9-11-24(12-10-21)28-17-5-6-20-13-15-25(2,3)16-14-20;3-2(4,5)1(6)7/h4,7-12,18,20H,5-6,13-17H2,1-3H3,(H,26,27);(H,6,7). The van der Waals surface area contributed by atoms with E-state index in [-0.39, 0.29) is 5.91 Å². The normalized spacial score (nSPS) is 15.5. The van der Waals surface area contributed by atoms with E-state index >= 15 is 0 Å². The van der Waals surface area contributed by atoms with Crippen LogP contribution in [0.5, 0.6) is 5.75 Å². The Morgan fingerprint density at radius 3 is 2.20 bits per heavy atom. The van der Waals surface area contributed by atoms with E-state index in [9.17, 15) is 18.0 Å². The zero-order valence-corrected chi connectivity index (χ0v) is 20.5. The molecule has 35 heavy (non-hydrogen) atoms. The van der Waals surface area contributed by atoms with Crippen molar-refractivity contribution < 1.29 is 32.6 Å². The Morgan fingerprint density at radius 2 is 1.66 bits per heavy atom. The van der Waals surface area contributed by atoms with Gasteiger partial charge in [0.1, 0.15) is 5.75 Å². The molecular weight excluding hydrogens is 459 g/mol. The molecule has 0 saturated heterocycles. The van der Waals surface area contributed by atoms with Crippen LogP contribution in [0.25, 0.3) is 11.1 Å². The summed E-state index contributed by atoms with van der Waals surface area (Å²) in [6.07, 6.45) is 2.81. The minimum Gasteiger partial charge on any atom is -0.494 e. The zero-order valence-electron chi connectivity index (χ0n) is 20.5.